The molecule has 0 bridgehead atoms. The minimum atomic E-state index is -0.642. The molecule has 25 heavy (non-hydrogen) atoms. The van der Waals surface area contributed by atoms with Crippen LogP contribution in [0.1, 0.15) is 22.8 Å². The molecule has 0 radical (unpaired) electrons. The number of carbonyl (C=O) groups is 2. The zero-order valence-electron chi connectivity index (χ0n) is 13.8. The van der Waals surface area contributed by atoms with Gasteiger partial charge in [0.15, 0.2) is 17.3 Å². The van der Waals surface area contributed by atoms with E-state index >= 15 is 0 Å². The number of ketones is 1. The summed E-state index contributed by atoms with van der Waals surface area (Å²) in [5, 5.41) is 2.84. The first-order valence-corrected chi connectivity index (χ1v) is 7.92. The largest absolute Gasteiger partial charge is 0.494 e. The fraction of sp³-hybridized carbons (Fsp3) is 0.222. The number of rotatable bonds is 6. The number of Topliss-reactive ketones (excluding diaryl/α,β-unsaturated/α-hetero) is 1. The molecular weight excluding hydrogens is 347 g/mol. The molecule has 0 saturated heterocycles. The van der Waals surface area contributed by atoms with Gasteiger partial charge in [0.1, 0.15) is 0 Å². The lowest BCUT2D eigenvalue weighted by Gasteiger charge is -2.13. The van der Waals surface area contributed by atoms with Crippen LogP contribution in [-0.4, -0.2) is 24.8 Å². The third-order valence-corrected chi connectivity index (χ3v) is 3.92. The van der Waals surface area contributed by atoms with E-state index in [1.807, 2.05) is 0 Å². The normalized spacial score (nSPS) is 11.7. The van der Waals surface area contributed by atoms with Gasteiger partial charge < -0.3 is 15.8 Å². The van der Waals surface area contributed by atoms with Gasteiger partial charge in [-0.15, -0.1) is 0 Å². The molecule has 0 aromatic heterocycles. The molecule has 0 fully saturated rings. The number of ether oxygens (including phenoxy) is 1. The average molecular weight is 365 g/mol. The first-order valence-electron chi connectivity index (χ1n) is 7.54. The number of hydrogen-bond acceptors (Lipinski definition) is 4. The van der Waals surface area contributed by atoms with Crippen LogP contribution in [0.15, 0.2) is 36.4 Å². The zero-order valence-corrected chi connectivity index (χ0v) is 14.6. The van der Waals surface area contributed by atoms with Gasteiger partial charge in [0.2, 0.25) is 0 Å². The number of methoxy groups -OCH3 is 1. The number of amides is 1. The molecule has 0 heterocycles. The van der Waals surface area contributed by atoms with Gasteiger partial charge in [-0.25, -0.2) is 4.39 Å². The molecule has 0 aliphatic rings. The summed E-state index contributed by atoms with van der Waals surface area (Å²) < 4.78 is 18.4. The van der Waals surface area contributed by atoms with Gasteiger partial charge in [-0.1, -0.05) is 23.7 Å². The average Bonchev–Trinajstić information content (AvgIpc) is 2.56. The van der Waals surface area contributed by atoms with Gasteiger partial charge in [0.05, 0.1) is 23.7 Å². The maximum absolute atomic E-state index is 13.5. The number of benzene rings is 2. The molecule has 2 rings (SSSR count). The molecule has 0 aliphatic heterocycles. The third-order valence-electron chi connectivity index (χ3n) is 3.61. The lowest BCUT2D eigenvalue weighted by atomic mass is 9.99. The predicted octanol–water partition coefficient (Wildman–Crippen LogP) is 3.20. The number of halogens is 2. The van der Waals surface area contributed by atoms with Crippen LogP contribution in [0.4, 0.5) is 10.1 Å². The van der Waals surface area contributed by atoms with Gasteiger partial charge in [0, 0.05) is 18.2 Å². The van der Waals surface area contributed by atoms with Crippen molar-refractivity contribution in [2.45, 2.75) is 19.4 Å². The summed E-state index contributed by atoms with van der Waals surface area (Å²) >= 11 is 6.15. The van der Waals surface area contributed by atoms with Crippen molar-refractivity contribution in [3.8, 4) is 5.75 Å². The molecular formula is C18H18ClFN2O3. The van der Waals surface area contributed by atoms with Crippen LogP contribution in [0.3, 0.4) is 0 Å². The first-order chi connectivity index (χ1) is 11.8. The van der Waals surface area contributed by atoms with E-state index in [1.165, 1.54) is 25.3 Å². The fourth-order valence-corrected chi connectivity index (χ4v) is 2.53. The van der Waals surface area contributed by atoms with Gasteiger partial charge in [-0.3, -0.25) is 9.59 Å². The maximum atomic E-state index is 13.5. The van der Waals surface area contributed by atoms with Crippen molar-refractivity contribution in [3.63, 3.8) is 0 Å². The van der Waals surface area contributed by atoms with Crippen molar-refractivity contribution < 1.29 is 18.7 Å². The van der Waals surface area contributed by atoms with Crippen molar-refractivity contribution in [1.82, 2.24) is 0 Å². The summed E-state index contributed by atoms with van der Waals surface area (Å²) in [4.78, 5) is 24.5. The van der Waals surface area contributed by atoms with Crippen LogP contribution in [0, 0.1) is 5.82 Å². The Morgan fingerprint density at radius 2 is 2.04 bits per heavy atom. The summed E-state index contributed by atoms with van der Waals surface area (Å²) in [6.45, 7) is 1.58. The van der Waals surface area contributed by atoms with Gasteiger partial charge in [0.25, 0.3) is 5.91 Å². The molecule has 5 nitrogen and oxygen atoms in total. The van der Waals surface area contributed by atoms with Crippen LogP contribution in [0.2, 0.25) is 5.02 Å². The fourth-order valence-electron chi connectivity index (χ4n) is 2.25. The number of anilines is 1. The highest BCUT2D eigenvalue weighted by atomic mass is 35.5. The molecule has 0 spiro atoms. The molecule has 2 aromatic carbocycles. The second-order valence-electron chi connectivity index (χ2n) is 5.51. The van der Waals surface area contributed by atoms with Crippen molar-refractivity contribution in [1.29, 1.82) is 0 Å². The molecule has 1 amide bonds. The predicted molar refractivity (Wildman–Crippen MR) is 94.7 cm³/mol. The number of nitrogens with one attached hydrogen (secondary N) is 1. The van der Waals surface area contributed by atoms with E-state index in [9.17, 15) is 14.0 Å². The summed E-state index contributed by atoms with van der Waals surface area (Å²) in [7, 11) is 1.33. The summed E-state index contributed by atoms with van der Waals surface area (Å²) in [5.41, 5.74) is 6.58. The minimum absolute atomic E-state index is 0.00400. The summed E-state index contributed by atoms with van der Waals surface area (Å²) in [6.07, 6.45) is -0.00623. The van der Waals surface area contributed by atoms with E-state index in [0.717, 1.165) is 0 Å². The Morgan fingerprint density at radius 3 is 2.68 bits per heavy atom. The minimum Gasteiger partial charge on any atom is -0.494 e. The zero-order chi connectivity index (χ0) is 18.6. The molecule has 1 atom stereocenters. The smallest absolute Gasteiger partial charge is 0.257 e. The van der Waals surface area contributed by atoms with Crippen molar-refractivity contribution in [2.75, 3.05) is 12.4 Å². The number of nitrogens with two attached hydrogens (primary N) is 1. The van der Waals surface area contributed by atoms with E-state index in [0.29, 0.717) is 11.3 Å². The van der Waals surface area contributed by atoms with Gasteiger partial charge in [-0.05, 0) is 30.7 Å². The summed E-state index contributed by atoms with van der Waals surface area (Å²) in [6, 6.07) is 8.16. The van der Waals surface area contributed by atoms with Crippen LogP contribution in [-0.2, 0) is 11.2 Å². The lowest BCUT2D eigenvalue weighted by molar-refractivity contribution is -0.119. The number of carbonyl (C=O) groups excluding carboxylic acids is 2. The molecule has 0 unspecified atom stereocenters. The van der Waals surface area contributed by atoms with Gasteiger partial charge >= 0.3 is 0 Å². The van der Waals surface area contributed by atoms with Gasteiger partial charge in [-0.2, -0.15) is 0 Å². The monoisotopic (exact) mass is 364 g/mol. The van der Waals surface area contributed by atoms with Crippen LogP contribution in [0.25, 0.3) is 0 Å². The highest BCUT2D eigenvalue weighted by Gasteiger charge is 2.19. The van der Waals surface area contributed by atoms with Crippen LogP contribution < -0.4 is 15.8 Å². The molecule has 0 aliphatic carbocycles. The Morgan fingerprint density at radius 1 is 1.32 bits per heavy atom. The number of hydrogen-bond donors (Lipinski definition) is 2. The second kappa shape index (κ2) is 8.09. The SMILES string of the molecule is COc1cc(NC(=O)c2c(Cl)cccc2CC(=O)[C@H](C)N)ccc1F. The van der Waals surface area contributed by atoms with E-state index < -0.39 is 17.8 Å². The molecule has 0 saturated carbocycles. The molecule has 3 N–H and O–H groups in total. The van der Waals surface area contributed by atoms with Crippen LogP contribution in [0.5, 0.6) is 5.75 Å². The summed E-state index contributed by atoms with van der Waals surface area (Å²) in [5.74, 6) is -1.25. The Hall–Kier alpha value is -2.44. The highest BCUT2D eigenvalue weighted by molar-refractivity contribution is 6.34. The molecule has 7 heteroatoms. The Labute approximate surface area is 149 Å². The Balaban J connectivity index is 2.31. The molecule has 2 aromatic rings. The van der Waals surface area contributed by atoms with Crippen LogP contribution >= 0.6 is 11.6 Å². The maximum Gasteiger partial charge on any atom is 0.257 e. The highest BCUT2D eigenvalue weighted by Crippen LogP contribution is 2.25. The van der Waals surface area contributed by atoms with E-state index in [4.69, 9.17) is 22.1 Å². The third kappa shape index (κ3) is 4.55. The Kier molecular flexibility index (Phi) is 6.12. The van der Waals surface area contributed by atoms with E-state index in [1.54, 1.807) is 25.1 Å². The van der Waals surface area contributed by atoms with E-state index in [2.05, 4.69) is 5.32 Å². The van der Waals surface area contributed by atoms with Crippen molar-refractivity contribution >= 4 is 29.0 Å². The van der Waals surface area contributed by atoms with Crippen molar-refractivity contribution in [2.24, 2.45) is 5.73 Å². The topological polar surface area (TPSA) is 81.4 Å². The lowest BCUT2D eigenvalue weighted by Crippen LogP contribution is -2.29. The quantitative estimate of drug-likeness (QED) is 0.824. The van der Waals surface area contributed by atoms with E-state index in [-0.39, 0.29) is 28.5 Å². The van der Waals surface area contributed by atoms with Crippen molar-refractivity contribution in [3.05, 3.63) is 58.4 Å². The standard InChI is InChI=1S/C18H18ClFN2O3/c1-10(21)15(23)8-11-4-3-5-13(19)17(11)18(24)22-12-6-7-14(20)16(9-12)25-2/h3-7,9-10H,8,21H2,1-2H3,(H,22,24)/t10-/m0/s1. The molecule has 132 valence electrons. The first kappa shape index (κ1) is 18.9. The Bertz CT molecular complexity index is 809. The second-order valence-corrected chi connectivity index (χ2v) is 5.92.